The van der Waals surface area contributed by atoms with Gasteiger partial charge in [-0.15, -0.1) is 0 Å². The predicted octanol–water partition coefficient (Wildman–Crippen LogP) is 1.85. The number of aromatic nitrogens is 2. The molecule has 2 aromatic rings. The summed E-state index contributed by atoms with van der Waals surface area (Å²) in [5, 5.41) is 17.6. The van der Waals surface area contributed by atoms with Gasteiger partial charge in [-0.3, -0.25) is 4.68 Å². The lowest BCUT2D eigenvalue weighted by Gasteiger charge is -2.28. The Morgan fingerprint density at radius 3 is 3.10 bits per heavy atom. The van der Waals surface area contributed by atoms with E-state index in [4.69, 9.17) is 4.74 Å². The second-order valence-corrected chi connectivity index (χ2v) is 4.93. The fraction of sp³-hybridized carbons (Fsp3) is 0.400. The zero-order valence-corrected chi connectivity index (χ0v) is 11.8. The number of phenols is 1. The highest BCUT2D eigenvalue weighted by atomic mass is 16.5. The summed E-state index contributed by atoms with van der Waals surface area (Å²) in [7, 11) is 1.66. The van der Waals surface area contributed by atoms with Crippen LogP contribution in [0.5, 0.6) is 11.5 Å². The van der Waals surface area contributed by atoms with Crippen LogP contribution < -0.4 is 10.1 Å². The Balaban J connectivity index is 2.13. The SMILES string of the molecule is CCn1ncc(OC)c1C1NCCc2ccc(O)cc21. The van der Waals surface area contributed by atoms with Gasteiger partial charge in [0.2, 0.25) is 0 Å². The van der Waals surface area contributed by atoms with Crippen LogP contribution in [0.15, 0.2) is 24.4 Å². The van der Waals surface area contributed by atoms with E-state index in [9.17, 15) is 5.11 Å². The highest BCUT2D eigenvalue weighted by Gasteiger charge is 2.27. The van der Waals surface area contributed by atoms with E-state index in [0.29, 0.717) is 5.75 Å². The average Bonchev–Trinajstić information content (AvgIpc) is 2.89. The molecule has 0 bridgehead atoms. The lowest BCUT2D eigenvalue weighted by molar-refractivity contribution is 0.396. The van der Waals surface area contributed by atoms with E-state index in [1.807, 2.05) is 16.8 Å². The van der Waals surface area contributed by atoms with Gasteiger partial charge in [0.05, 0.1) is 19.3 Å². The molecule has 1 aromatic heterocycles. The third kappa shape index (κ3) is 2.04. The Kier molecular flexibility index (Phi) is 3.36. The zero-order valence-electron chi connectivity index (χ0n) is 11.8. The number of rotatable bonds is 3. The molecule has 0 aliphatic carbocycles. The number of nitrogens with zero attached hydrogens (tertiary/aromatic N) is 2. The standard InChI is InChI=1S/C15H19N3O2/c1-3-18-15(13(20-2)9-17-18)14-12-8-11(19)5-4-10(12)6-7-16-14/h4-5,8-9,14,16,19H,3,6-7H2,1-2H3. The molecule has 1 aliphatic heterocycles. The second kappa shape index (κ2) is 5.17. The van der Waals surface area contributed by atoms with Gasteiger partial charge in [-0.2, -0.15) is 5.10 Å². The van der Waals surface area contributed by atoms with Crippen molar-refractivity contribution in [3.63, 3.8) is 0 Å². The maximum Gasteiger partial charge on any atom is 0.161 e. The minimum Gasteiger partial charge on any atom is -0.508 e. The molecular weight excluding hydrogens is 254 g/mol. The van der Waals surface area contributed by atoms with Crippen molar-refractivity contribution in [2.24, 2.45) is 0 Å². The van der Waals surface area contributed by atoms with Gasteiger partial charge < -0.3 is 15.2 Å². The minimum atomic E-state index is 0.00301. The zero-order chi connectivity index (χ0) is 14.1. The lowest BCUT2D eigenvalue weighted by Crippen LogP contribution is -2.32. The minimum absolute atomic E-state index is 0.00301. The molecule has 1 unspecified atom stereocenters. The second-order valence-electron chi connectivity index (χ2n) is 4.93. The number of ether oxygens (including phenoxy) is 1. The van der Waals surface area contributed by atoms with Crippen LogP contribution in [-0.2, 0) is 13.0 Å². The summed E-state index contributed by atoms with van der Waals surface area (Å²) in [5.74, 6) is 1.07. The van der Waals surface area contributed by atoms with Crippen molar-refractivity contribution < 1.29 is 9.84 Å². The maximum absolute atomic E-state index is 9.78. The third-order valence-corrected chi connectivity index (χ3v) is 3.82. The molecule has 2 N–H and O–H groups in total. The summed E-state index contributed by atoms with van der Waals surface area (Å²) in [6, 6.07) is 5.58. The third-order valence-electron chi connectivity index (χ3n) is 3.82. The molecule has 1 aliphatic rings. The van der Waals surface area contributed by atoms with Crippen molar-refractivity contribution >= 4 is 0 Å². The van der Waals surface area contributed by atoms with E-state index in [1.165, 1.54) is 5.56 Å². The number of methoxy groups -OCH3 is 1. The number of phenolic OH excluding ortho intramolecular Hbond substituents is 1. The fourth-order valence-electron chi connectivity index (χ4n) is 2.86. The molecule has 20 heavy (non-hydrogen) atoms. The molecule has 0 spiro atoms. The van der Waals surface area contributed by atoms with Gasteiger partial charge in [-0.1, -0.05) is 6.07 Å². The number of aromatic hydroxyl groups is 1. The predicted molar refractivity (Wildman–Crippen MR) is 76.1 cm³/mol. The van der Waals surface area contributed by atoms with Crippen LogP contribution in [0, 0.1) is 0 Å². The molecule has 5 nitrogen and oxygen atoms in total. The van der Waals surface area contributed by atoms with Crippen LogP contribution in [-0.4, -0.2) is 28.5 Å². The molecule has 5 heteroatoms. The molecule has 0 saturated carbocycles. The van der Waals surface area contributed by atoms with E-state index >= 15 is 0 Å². The highest BCUT2D eigenvalue weighted by Crippen LogP contribution is 2.35. The number of aryl methyl sites for hydroxylation is 1. The van der Waals surface area contributed by atoms with Crippen LogP contribution in [0.1, 0.15) is 29.8 Å². The van der Waals surface area contributed by atoms with Crippen LogP contribution in [0.4, 0.5) is 0 Å². The first-order chi connectivity index (χ1) is 9.74. The molecule has 2 heterocycles. The molecule has 1 aromatic carbocycles. The average molecular weight is 273 g/mol. The monoisotopic (exact) mass is 273 g/mol. The van der Waals surface area contributed by atoms with Gasteiger partial charge in [0.15, 0.2) is 5.75 Å². The number of nitrogens with one attached hydrogen (secondary N) is 1. The molecule has 3 rings (SSSR count). The van der Waals surface area contributed by atoms with E-state index in [-0.39, 0.29) is 6.04 Å². The van der Waals surface area contributed by atoms with Gasteiger partial charge in [0, 0.05) is 13.1 Å². The van der Waals surface area contributed by atoms with Crippen LogP contribution in [0.25, 0.3) is 0 Å². The maximum atomic E-state index is 9.78. The smallest absolute Gasteiger partial charge is 0.161 e. The van der Waals surface area contributed by atoms with E-state index in [1.54, 1.807) is 19.4 Å². The van der Waals surface area contributed by atoms with Gasteiger partial charge in [0.25, 0.3) is 0 Å². The van der Waals surface area contributed by atoms with Crippen molar-refractivity contribution in [1.29, 1.82) is 0 Å². The number of hydrogen-bond acceptors (Lipinski definition) is 4. The fourth-order valence-corrected chi connectivity index (χ4v) is 2.86. The summed E-state index contributed by atoms with van der Waals surface area (Å²) in [4.78, 5) is 0. The first kappa shape index (κ1) is 13.0. The van der Waals surface area contributed by atoms with Gasteiger partial charge in [-0.05, 0) is 36.6 Å². The largest absolute Gasteiger partial charge is 0.508 e. The molecule has 0 saturated heterocycles. The van der Waals surface area contributed by atoms with E-state index in [0.717, 1.165) is 36.5 Å². The molecule has 0 amide bonds. The van der Waals surface area contributed by atoms with Crippen LogP contribution in [0.2, 0.25) is 0 Å². The Bertz CT molecular complexity index is 600. The first-order valence-electron chi connectivity index (χ1n) is 6.89. The quantitative estimate of drug-likeness (QED) is 0.896. The van der Waals surface area contributed by atoms with E-state index in [2.05, 4.69) is 17.3 Å². The van der Waals surface area contributed by atoms with Crippen molar-refractivity contribution in [2.75, 3.05) is 13.7 Å². The van der Waals surface area contributed by atoms with Crippen molar-refractivity contribution in [2.45, 2.75) is 25.9 Å². The number of hydrogen-bond donors (Lipinski definition) is 2. The summed E-state index contributed by atoms with van der Waals surface area (Å²) in [5.41, 5.74) is 3.38. The molecular formula is C15H19N3O2. The van der Waals surface area contributed by atoms with E-state index < -0.39 is 0 Å². The Hall–Kier alpha value is -2.01. The van der Waals surface area contributed by atoms with Crippen molar-refractivity contribution in [3.8, 4) is 11.5 Å². The van der Waals surface area contributed by atoms with Gasteiger partial charge in [0.1, 0.15) is 11.4 Å². The summed E-state index contributed by atoms with van der Waals surface area (Å²) < 4.78 is 7.38. The Morgan fingerprint density at radius 1 is 1.50 bits per heavy atom. The van der Waals surface area contributed by atoms with Crippen LogP contribution in [0.3, 0.4) is 0 Å². The van der Waals surface area contributed by atoms with Crippen LogP contribution >= 0.6 is 0 Å². The Labute approximate surface area is 118 Å². The van der Waals surface area contributed by atoms with Crippen molar-refractivity contribution in [1.82, 2.24) is 15.1 Å². The van der Waals surface area contributed by atoms with Crippen molar-refractivity contribution in [3.05, 3.63) is 41.2 Å². The van der Waals surface area contributed by atoms with Gasteiger partial charge in [-0.25, -0.2) is 0 Å². The molecule has 0 fully saturated rings. The highest BCUT2D eigenvalue weighted by molar-refractivity contribution is 5.45. The normalized spacial score (nSPS) is 17.8. The topological polar surface area (TPSA) is 59.3 Å². The summed E-state index contributed by atoms with van der Waals surface area (Å²) in [6.45, 7) is 3.74. The molecule has 0 radical (unpaired) electrons. The number of benzene rings is 1. The first-order valence-corrected chi connectivity index (χ1v) is 6.89. The Morgan fingerprint density at radius 2 is 2.35 bits per heavy atom. The number of fused-ring (bicyclic) bond motifs is 1. The molecule has 1 atom stereocenters. The summed E-state index contributed by atoms with van der Waals surface area (Å²) >= 11 is 0. The lowest BCUT2D eigenvalue weighted by atomic mass is 9.92. The molecule has 106 valence electrons. The summed E-state index contributed by atoms with van der Waals surface area (Å²) in [6.07, 6.45) is 2.71. The van der Waals surface area contributed by atoms with Gasteiger partial charge >= 0.3 is 0 Å².